The van der Waals surface area contributed by atoms with E-state index in [2.05, 4.69) is 15.5 Å². The van der Waals surface area contributed by atoms with Crippen LogP contribution in [-0.4, -0.2) is 16.6 Å². The summed E-state index contributed by atoms with van der Waals surface area (Å²) in [5, 5.41) is 3.97. The Morgan fingerprint density at radius 3 is 2.78 bits per heavy atom. The van der Waals surface area contributed by atoms with Crippen molar-refractivity contribution in [2.45, 2.75) is 13.8 Å². The molecule has 0 spiro atoms. The molecule has 0 radical (unpaired) electrons. The van der Waals surface area contributed by atoms with E-state index in [1.807, 2.05) is 18.2 Å². The molecule has 2 aromatic heterocycles. The highest BCUT2D eigenvalue weighted by Crippen LogP contribution is 2.05. The number of aromatic nitrogens is 1. The van der Waals surface area contributed by atoms with Gasteiger partial charge in [0, 0.05) is 6.20 Å². The Morgan fingerprint density at radius 2 is 2.17 bits per heavy atom. The van der Waals surface area contributed by atoms with E-state index < -0.39 is 0 Å². The lowest BCUT2D eigenvalue weighted by Gasteiger charge is -2.00. The quantitative estimate of drug-likeness (QED) is 0.663. The molecule has 2 aromatic rings. The number of rotatable bonds is 3. The summed E-state index contributed by atoms with van der Waals surface area (Å²) in [5.41, 5.74) is 3.77. The van der Waals surface area contributed by atoms with Gasteiger partial charge < -0.3 is 4.42 Å². The molecule has 0 fully saturated rings. The van der Waals surface area contributed by atoms with Gasteiger partial charge in [0.25, 0.3) is 0 Å². The maximum atomic E-state index is 11.7. The van der Waals surface area contributed by atoms with Crippen LogP contribution < -0.4 is 5.43 Å². The van der Waals surface area contributed by atoms with Gasteiger partial charge in [-0.05, 0) is 38.1 Å². The largest absolute Gasteiger partial charge is 0.456 e. The lowest BCUT2D eigenvalue weighted by molar-refractivity contribution is 0.0926. The molecule has 0 aromatic carbocycles. The molecule has 2 heterocycles. The minimum atomic E-state index is -0.376. The second-order valence-electron chi connectivity index (χ2n) is 3.76. The van der Waals surface area contributed by atoms with Crippen molar-refractivity contribution in [1.82, 2.24) is 10.4 Å². The average molecular weight is 243 g/mol. The minimum Gasteiger partial charge on any atom is -0.456 e. The first-order valence-corrected chi connectivity index (χ1v) is 5.49. The van der Waals surface area contributed by atoms with E-state index in [0.29, 0.717) is 17.2 Å². The fourth-order valence-corrected chi connectivity index (χ4v) is 1.38. The fourth-order valence-electron chi connectivity index (χ4n) is 1.38. The zero-order chi connectivity index (χ0) is 13.0. The highest BCUT2D eigenvalue weighted by atomic mass is 16.3. The van der Waals surface area contributed by atoms with Crippen LogP contribution in [0.2, 0.25) is 0 Å². The summed E-state index contributed by atoms with van der Waals surface area (Å²) in [4.78, 5) is 15.8. The number of hydrazone groups is 1. The van der Waals surface area contributed by atoms with Crippen molar-refractivity contribution >= 4 is 11.6 Å². The van der Waals surface area contributed by atoms with Crippen molar-refractivity contribution < 1.29 is 9.21 Å². The van der Waals surface area contributed by atoms with Crippen LogP contribution in [-0.2, 0) is 0 Å². The van der Waals surface area contributed by atoms with Crippen molar-refractivity contribution in [2.24, 2.45) is 5.10 Å². The summed E-state index contributed by atoms with van der Waals surface area (Å²) in [6.07, 6.45) is 1.67. The predicted octanol–water partition coefficient (Wildman–Crippen LogP) is 2.14. The highest BCUT2D eigenvalue weighted by molar-refractivity contribution is 5.98. The van der Waals surface area contributed by atoms with Gasteiger partial charge in [-0.2, -0.15) is 5.10 Å². The molecule has 2 rings (SSSR count). The third kappa shape index (κ3) is 2.82. The van der Waals surface area contributed by atoms with E-state index >= 15 is 0 Å². The Balaban J connectivity index is 2.05. The maximum Gasteiger partial charge on any atom is 0.307 e. The van der Waals surface area contributed by atoms with Gasteiger partial charge in [-0.1, -0.05) is 6.07 Å². The van der Waals surface area contributed by atoms with Gasteiger partial charge in [-0.15, -0.1) is 0 Å². The lowest BCUT2D eigenvalue weighted by Crippen LogP contribution is -2.19. The molecule has 0 saturated carbocycles. The Morgan fingerprint density at radius 1 is 1.33 bits per heavy atom. The molecule has 0 bridgehead atoms. The number of carbonyl (C=O) groups excluding carboxylic acids is 1. The summed E-state index contributed by atoms with van der Waals surface area (Å²) in [6.45, 7) is 3.55. The Bertz CT molecular complexity index is 573. The molecule has 0 aliphatic heterocycles. The molecule has 18 heavy (non-hydrogen) atoms. The number of nitrogens with zero attached hydrogens (tertiary/aromatic N) is 2. The Hall–Kier alpha value is -2.43. The average Bonchev–Trinajstić information content (AvgIpc) is 2.83. The van der Waals surface area contributed by atoms with E-state index in [0.717, 1.165) is 0 Å². The fraction of sp³-hybridized carbons (Fsp3) is 0.154. The number of hydrogen-bond acceptors (Lipinski definition) is 4. The molecule has 0 aliphatic carbocycles. The Kier molecular flexibility index (Phi) is 3.52. The van der Waals surface area contributed by atoms with Gasteiger partial charge in [-0.3, -0.25) is 9.78 Å². The van der Waals surface area contributed by atoms with Crippen LogP contribution in [0.25, 0.3) is 0 Å². The van der Waals surface area contributed by atoms with Crippen molar-refractivity contribution in [3.8, 4) is 0 Å². The molecular weight excluding hydrogens is 230 g/mol. The van der Waals surface area contributed by atoms with Crippen LogP contribution >= 0.6 is 0 Å². The van der Waals surface area contributed by atoms with E-state index in [1.54, 1.807) is 32.2 Å². The first kappa shape index (κ1) is 12.0. The first-order valence-electron chi connectivity index (χ1n) is 5.49. The Labute approximate surface area is 105 Å². The minimum absolute atomic E-state index is 0.241. The van der Waals surface area contributed by atoms with Crippen molar-refractivity contribution in [2.75, 3.05) is 0 Å². The van der Waals surface area contributed by atoms with Crippen LogP contribution in [0.15, 0.2) is 46.0 Å². The molecular formula is C13H13N3O2. The molecule has 0 unspecified atom stereocenters. The molecule has 5 heteroatoms. The standard InChI is InChI=1S/C13H13N3O2/c1-9-6-7-12(18-9)13(17)16-15-10(2)11-5-3-4-8-14-11/h3-8H,1-2H3,(H,16,17)/b15-10+. The number of carbonyl (C=O) groups is 1. The number of aryl methyl sites for hydroxylation is 1. The summed E-state index contributed by atoms with van der Waals surface area (Å²) in [6, 6.07) is 8.84. The second-order valence-corrected chi connectivity index (χ2v) is 3.76. The number of amides is 1. The molecule has 1 amide bonds. The SMILES string of the molecule is C/C(=N\NC(=O)c1ccc(C)o1)c1ccccn1. The summed E-state index contributed by atoms with van der Waals surface area (Å²) in [5.74, 6) is 0.550. The van der Waals surface area contributed by atoms with Gasteiger partial charge in [0.15, 0.2) is 5.76 Å². The molecule has 0 saturated heterocycles. The molecule has 1 N–H and O–H groups in total. The zero-order valence-electron chi connectivity index (χ0n) is 10.2. The summed E-state index contributed by atoms with van der Waals surface area (Å²) < 4.78 is 5.19. The molecule has 0 atom stereocenters. The van der Waals surface area contributed by atoms with Crippen molar-refractivity contribution in [1.29, 1.82) is 0 Å². The van der Waals surface area contributed by atoms with Gasteiger partial charge >= 0.3 is 5.91 Å². The lowest BCUT2D eigenvalue weighted by atomic mass is 10.3. The van der Waals surface area contributed by atoms with Crippen LogP contribution in [0.4, 0.5) is 0 Å². The van der Waals surface area contributed by atoms with Crippen LogP contribution in [0.5, 0.6) is 0 Å². The van der Waals surface area contributed by atoms with Crippen molar-refractivity contribution in [3.63, 3.8) is 0 Å². The predicted molar refractivity (Wildman–Crippen MR) is 67.4 cm³/mol. The number of pyridine rings is 1. The third-order valence-corrected chi connectivity index (χ3v) is 2.32. The summed E-state index contributed by atoms with van der Waals surface area (Å²) in [7, 11) is 0. The molecule has 5 nitrogen and oxygen atoms in total. The van der Waals surface area contributed by atoms with E-state index in [-0.39, 0.29) is 11.7 Å². The summed E-state index contributed by atoms with van der Waals surface area (Å²) >= 11 is 0. The van der Waals surface area contributed by atoms with Gasteiger partial charge in [-0.25, -0.2) is 5.43 Å². The smallest absolute Gasteiger partial charge is 0.307 e. The highest BCUT2D eigenvalue weighted by Gasteiger charge is 2.08. The van der Waals surface area contributed by atoms with Crippen LogP contribution in [0, 0.1) is 6.92 Å². The number of nitrogens with one attached hydrogen (secondary N) is 1. The van der Waals surface area contributed by atoms with Crippen LogP contribution in [0.3, 0.4) is 0 Å². The number of furan rings is 1. The van der Waals surface area contributed by atoms with Gasteiger partial charge in [0.05, 0.1) is 11.4 Å². The maximum absolute atomic E-state index is 11.7. The van der Waals surface area contributed by atoms with E-state index in [9.17, 15) is 4.79 Å². The third-order valence-electron chi connectivity index (χ3n) is 2.32. The van der Waals surface area contributed by atoms with Crippen molar-refractivity contribution in [3.05, 3.63) is 53.7 Å². The molecule has 92 valence electrons. The normalized spacial score (nSPS) is 11.3. The zero-order valence-corrected chi connectivity index (χ0v) is 10.2. The van der Waals surface area contributed by atoms with E-state index in [4.69, 9.17) is 4.42 Å². The first-order chi connectivity index (χ1) is 8.66. The van der Waals surface area contributed by atoms with E-state index in [1.165, 1.54) is 0 Å². The number of hydrogen-bond donors (Lipinski definition) is 1. The molecule has 0 aliphatic rings. The van der Waals surface area contributed by atoms with Gasteiger partial charge in [0.1, 0.15) is 5.76 Å². The van der Waals surface area contributed by atoms with Gasteiger partial charge in [0.2, 0.25) is 0 Å². The second kappa shape index (κ2) is 5.27. The monoisotopic (exact) mass is 243 g/mol. The van der Waals surface area contributed by atoms with Crippen LogP contribution in [0.1, 0.15) is 28.9 Å². The topological polar surface area (TPSA) is 67.5 Å².